The van der Waals surface area contributed by atoms with Gasteiger partial charge in [0.15, 0.2) is 14.4 Å². The summed E-state index contributed by atoms with van der Waals surface area (Å²) in [6.45, 7) is 10.6. The maximum Gasteiger partial charge on any atom is 0.340 e. The van der Waals surface area contributed by atoms with Crippen LogP contribution in [0.25, 0.3) is 0 Å². The molecule has 0 saturated heterocycles. The van der Waals surface area contributed by atoms with E-state index in [9.17, 15) is 4.79 Å². The molecule has 106 valence electrons. The second kappa shape index (κ2) is 5.84. The third-order valence-electron chi connectivity index (χ3n) is 3.59. The molecule has 19 heavy (non-hydrogen) atoms. The number of esters is 1. The molecule has 0 radical (unpaired) electrons. The highest BCUT2D eigenvalue weighted by Gasteiger charge is 2.41. The fraction of sp³-hybridized carbons (Fsp3) is 0.571. The predicted molar refractivity (Wildman–Crippen MR) is 77.3 cm³/mol. The van der Waals surface area contributed by atoms with Gasteiger partial charge in [0.25, 0.3) is 0 Å². The van der Waals surface area contributed by atoms with E-state index in [0.717, 1.165) is 0 Å². The summed E-state index contributed by atoms with van der Waals surface area (Å²) >= 11 is 0. The van der Waals surface area contributed by atoms with Crippen LogP contribution in [0.5, 0.6) is 0 Å². The molecule has 0 spiro atoms. The van der Waals surface area contributed by atoms with Crippen LogP contribution >= 0.6 is 0 Å². The molecule has 0 aliphatic carbocycles. The molecule has 1 aromatic rings. The Morgan fingerprint density at radius 1 is 1.32 bits per heavy atom. The molecular weight excluding hydrogens is 258 g/mol. The van der Waals surface area contributed by atoms with Crippen molar-refractivity contribution in [2.45, 2.75) is 45.0 Å². The third-order valence-corrected chi connectivity index (χ3v) is 8.03. The number of hydrogen-bond donors (Lipinski definition) is 0. The van der Waals surface area contributed by atoms with Gasteiger partial charge in [-0.3, -0.25) is 4.98 Å². The smallest absolute Gasteiger partial charge is 0.340 e. The van der Waals surface area contributed by atoms with Crippen LogP contribution in [0.2, 0.25) is 18.1 Å². The minimum atomic E-state index is -2.07. The second-order valence-electron chi connectivity index (χ2n) is 6.04. The Balaban J connectivity index is 3.05. The standard InChI is InChI=1S/C14H23NO3Si/c1-14(2,3)19(5,6)18-12(13(16)17-4)11-9-7-8-10-15-11/h7-10,12H,1-6H3. The molecule has 4 nitrogen and oxygen atoms in total. The van der Waals surface area contributed by atoms with E-state index >= 15 is 0 Å². The number of aromatic nitrogens is 1. The van der Waals surface area contributed by atoms with Crippen LogP contribution in [-0.4, -0.2) is 26.4 Å². The van der Waals surface area contributed by atoms with Crippen molar-refractivity contribution in [2.24, 2.45) is 0 Å². The summed E-state index contributed by atoms with van der Waals surface area (Å²) in [6.07, 6.45) is 0.910. The minimum Gasteiger partial charge on any atom is -0.467 e. The number of hydrogen-bond acceptors (Lipinski definition) is 4. The van der Waals surface area contributed by atoms with Gasteiger partial charge in [-0.2, -0.15) is 0 Å². The highest BCUT2D eigenvalue weighted by molar-refractivity contribution is 6.74. The third kappa shape index (κ3) is 3.88. The van der Waals surface area contributed by atoms with Crippen LogP contribution in [0.15, 0.2) is 24.4 Å². The fourth-order valence-electron chi connectivity index (χ4n) is 1.34. The summed E-state index contributed by atoms with van der Waals surface area (Å²) in [5.74, 6) is -0.400. The summed E-state index contributed by atoms with van der Waals surface area (Å²) < 4.78 is 11.0. The minimum absolute atomic E-state index is 0.0219. The van der Waals surface area contributed by atoms with E-state index in [1.807, 2.05) is 12.1 Å². The quantitative estimate of drug-likeness (QED) is 0.627. The number of rotatable bonds is 4. The first-order chi connectivity index (χ1) is 8.69. The summed E-state index contributed by atoms with van der Waals surface area (Å²) in [5, 5.41) is 0.0219. The maximum atomic E-state index is 12.0. The van der Waals surface area contributed by atoms with E-state index in [1.165, 1.54) is 7.11 Å². The largest absolute Gasteiger partial charge is 0.467 e. The fourth-order valence-corrected chi connectivity index (χ4v) is 2.50. The monoisotopic (exact) mass is 281 g/mol. The Kier molecular flexibility index (Phi) is 4.87. The molecule has 1 heterocycles. The van der Waals surface area contributed by atoms with Gasteiger partial charge in [-0.05, 0) is 30.3 Å². The van der Waals surface area contributed by atoms with Crippen molar-refractivity contribution >= 4 is 14.3 Å². The van der Waals surface area contributed by atoms with E-state index in [-0.39, 0.29) is 5.04 Å². The van der Waals surface area contributed by atoms with Crippen molar-refractivity contribution < 1.29 is 14.0 Å². The van der Waals surface area contributed by atoms with E-state index in [1.54, 1.807) is 12.3 Å². The Morgan fingerprint density at radius 2 is 1.95 bits per heavy atom. The first kappa shape index (κ1) is 15.9. The van der Waals surface area contributed by atoms with E-state index in [2.05, 4.69) is 38.8 Å². The first-order valence-electron chi connectivity index (χ1n) is 6.35. The summed E-state index contributed by atoms with van der Waals surface area (Å²) in [5.41, 5.74) is 0.596. The van der Waals surface area contributed by atoms with Gasteiger partial charge in [-0.25, -0.2) is 4.79 Å². The lowest BCUT2D eigenvalue weighted by molar-refractivity contribution is -0.150. The lowest BCUT2D eigenvalue weighted by Crippen LogP contribution is -2.43. The molecular formula is C14H23NO3Si. The van der Waals surface area contributed by atoms with Crippen molar-refractivity contribution in [3.63, 3.8) is 0 Å². The number of carbonyl (C=O) groups is 1. The number of pyridine rings is 1. The van der Waals surface area contributed by atoms with Crippen molar-refractivity contribution in [1.82, 2.24) is 4.98 Å². The van der Waals surface area contributed by atoms with E-state index in [0.29, 0.717) is 5.69 Å². The Morgan fingerprint density at radius 3 is 2.37 bits per heavy atom. The lowest BCUT2D eigenvalue weighted by atomic mass is 10.2. The molecule has 1 atom stereocenters. The zero-order valence-corrected chi connectivity index (χ0v) is 13.6. The molecule has 1 unspecified atom stereocenters. The van der Waals surface area contributed by atoms with Gasteiger partial charge in [-0.1, -0.05) is 26.8 Å². The number of carbonyl (C=O) groups excluding carboxylic acids is 1. The normalized spacial score (nSPS) is 14.0. The van der Waals surface area contributed by atoms with Gasteiger partial charge in [-0.15, -0.1) is 0 Å². The van der Waals surface area contributed by atoms with Gasteiger partial charge in [0, 0.05) is 6.20 Å². The molecule has 0 aliphatic heterocycles. The number of ether oxygens (including phenoxy) is 1. The van der Waals surface area contributed by atoms with Crippen LogP contribution in [-0.2, 0) is 14.0 Å². The van der Waals surface area contributed by atoms with Crippen LogP contribution in [0.4, 0.5) is 0 Å². The van der Waals surface area contributed by atoms with E-state index < -0.39 is 20.4 Å². The van der Waals surface area contributed by atoms with Gasteiger partial charge < -0.3 is 9.16 Å². The first-order valence-corrected chi connectivity index (χ1v) is 9.26. The van der Waals surface area contributed by atoms with Crippen LogP contribution < -0.4 is 0 Å². The maximum absolute atomic E-state index is 12.0. The van der Waals surface area contributed by atoms with Crippen LogP contribution in [0.3, 0.4) is 0 Å². The number of nitrogens with zero attached hydrogens (tertiary/aromatic N) is 1. The molecule has 0 saturated carbocycles. The average Bonchev–Trinajstić information content (AvgIpc) is 2.35. The van der Waals surface area contributed by atoms with Crippen molar-refractivity contribution in [1.29, 1.82) is 0 Å². The number of methoxy groups -OCH3 is 1. The average molecular weight is 281 g/mol. The molecule has 0 bridgehead atoms. The molecule has 0 N–H and O–H groups in total. The van der Waals surface area contributed by atoms with Crippen molar-refractivity contribution in [2.75, 3.05) is 7.11 Å². The van der Waals surface area contributed by atoms with E-state index in [4.69, 9.17) is 9.16 Å². The summed E-state index contributed by atoms with van der Waals surface area (Å²) in [4.78, 5) is 16.2. The highest BCUT2D eigenvalue weighted by atomic mass is 28.4. The summed E-state index contributed by atoms with van der Waals surface area (Å²) in [7, 11) is -0.702. The zero-order chi connectivity index (χ0) is 14.7. The molecule has 5 heteroatoms. The SMILES string of the molecule is COC(=O)C(O[Si](C)(C)C(C)(C)C)c1ccccn1. The van der Waals surface area contributed by atoms with Crippen molar-refractivity contribution in [3.05, 3.63) is 30.1 Å². The van der Waals surface area contributed by atoms with Crippen molar-refractivity contribution in [3.8, 4) is 0 Å². The zero-order valence-electron chi connectivity index (χ0n) is 12.6. The van der Waals surface area contributed by atoms with Gasteiger partial charge in [0.1, 0.15) is 0 Å². The topological polar surface area (TPSA) is 48.4 Å². The van der Waals surface area contributed by atoms with Crippen LogP contribution in [0.1, 0.15) is 32.6 Å². The Labute approximate surface area is 116 Å². The second-order valence-corrected chi connectivity index (χ2v) is 10.8. The summed E-state index contributed by atoms with van der Waals surface area (Å²) in [6, 6.07) is 5.44. The molecule has 1 aromatic heterocycles. The van der Waals surface area contributed by atoms with Gasteiger partial charge in [0.05, 0.1) is 12.8 Å². The van der Waals surface area contributed by atoms with Gasteiger partial charge in [0.2, 0.25) is 0 Å². The Bertz CT molecular complexity index is 426. The molecule has 0 fully saturated rings. The van der Waals surface area contributed by atoms with Crippen LogP contribution in [0, 0.1) is 0 Å². The van der Waals surface area contributed by atoms with Gasteiger partial charge >= 0.3 is 5.97 Å². The molecule has 0 aliphatic rings. The highest BCUT2D eigenvalue weighted by Crippen LogP contribution is 2.39. The lowest BCUT2D eigenvalue weighted by Gasteiger charge is -2.38. The Hall–Kier alpha value is -1.20. The molecule has 0 aromatic carbocycles. The predicted octanol–water partition coefficient (Wildman–Crippen LogP) is 3.32. The molecule has 1 rings (SSSR count). The molecule has 0 amide bonds.